The number of aromatic hydroxyl groups is 1. The molecule has 1 aromatic rings. The maximum Gasteiger partial charge on any atom is 0.329 e. The molecule has 0 spiro atoms. The Kier molecular flexibility index (Phi) is 2.71. The van der Waals surface area contributed by atoms with Crippen LogP contribution in [0.15, 0.2) is 18.5 Å². The van der Waals surface area contributed by atoms with E-state index in [1.54, 1.807) is 0 Å². The number of rotatable bonds is 3. The zero-order chi connectivity index (χ0) is 12.5. The van der Waals surface area contributed by atoms with Crippen molar-refractivity contribution >= 4 is 11.9 Å². The van der Waals surface area contributed by atoms with Crippen LogP contribution in [0.5, 0.6) is 5.75 Å². The predicted molar refractivity (Wildman–Crippen MR) is 57.6 cm³/mol. The van der Waals surface area contributed by atoms with Crippen molar-refractivity contribution in [3.05, 3.63) is 24.0 Å². The third-order valence-corrected chi connectivity index (χ3v) is 2.96. The first-order chi connectivity index (χ1) is 8.03. The standard InChI is InChI=1S/C11H12N2O4/c14-8-4-7(5-12-6-8)9(15)13-11(10(16)17)2-1-3-11/h4-6,14H,1-3H2,(H,13,15)(H,16,17). The van der Waals surface area contributed by atoms with Gasteiger partial charge in [0.05, 0.1) is 11.8 Å². The molecule has 1 aromatic heterocycles. The first-order valence-corrected chi connectivity index (χ1v) is 5.23. The lowest BCUT2D eigenvalue weighted by Crippen LogP contribution is -2.59. The van der Waals surface area contributed by atoms with Gasteiger partial charge in [-0.2, -0.15) is 0 Å². The summed E-state index contributed by atoms with van der Waals surface area (Å²) in [5, 5.41) is 20.7. The van der Waals surface area contributed by atoms with Crippen LogP contribution in [0.25, 0.3) is 0 Å². The molecule has 0 bridgehead atoms. The highest BCUT2D eigenvalue weighted by Gasteiger charge is 2.45. The zero-order valence-electron chi connectivity index (χ0n) is 9.01. The molecule has 2 rings (SSSR count). The molecule has 1 aliphatic carbocycles. The van der Waals surface area contributed by atoms with Gasteiger partial charge < -0.3 is 15.5 Å². The highest BCUT2D eigenvalue weighted by molar-refractivity contribution is 5.98. The Morgan fingerprint density at radius 2 is 2.06 bits per heavy atom. The fourth-order valence-electron chi connectivity index (χ4n) is 1.76. The van der Waals surface area contributed by atoms with E-state index < -0.39 is 17.4 Å². The molecule has 1 aliphatic rings. The molecular formula is C11H12N2O4. The Morgan fingerprint density at radius 3 is 2.53 bits per heavy atom. The Bertz CT molecular complexity index is 468. The second kappa shape index (κ2) is 4.04. The lowest BCUT2D eigenvalue weighted by molar-refractivity contribution is -0.148. The predicted octanol–water partition coefficient (Wildman–Crippen LogP) is 0.524. The second-order valence-electron chi connectivity index (χ2n) is 4.13. The van der Waals surface area contributed by atoms with E-state index in [2.05, 4.69) is 10.3 Å². The molecule has 1 saturated carbocycles. The maximum absolute atomic E-state index is 11.8. The van der Waals surface area contributed by atoms with E-state index >= 15 is 0 Å². The van der Waals surface area contributed by atoms with Crippen LogP contribution in [0.2, 0.25) is 0 Å². The molecule has 0 aromatic carbocycles. The third kappa shape index (κ3) is 2.06. The summed E-state index contributed by atoms with van der Waals surface area (Å²) < 4.78 is 0. The van der Waals surface area contributed by atoms with Gasteiger partial charge in [-0.15, -0.1) is 0 Å². The van der Waals surface area contributed by atoms with E-state index in [1.165, 1.54) is 18.5 Å². The van der Waals surface area contributed by atoms with Crippen molar-refractivity contribution in [1.29, 1.82) is 0 Å². The monoisotopic (exact) mass is 236 g/mol. The average molecular weight is 236 g/mol. The molecule has 6 nitrogen and oxygen atoms in total. The number of carboxylic acid groups (broad SMARTS) is 1. The normalized spacial score (nSPS) is 16.9. The summed E-state index contributed by atoms with van der Waals surface area (Å²) in [7, 11) is 0. The number of hydrogen-bond donors (Lipinski definition) is 3. The number of carbonyl (C=O) groups excluding carboxylic acids is 1. The van der Waals surface area contributed by atoms with Crippen LogP contribution in [-0.2, 0) is 4.79 Å². The van der Waals surface area contributed by atoms with Crippen molar-refractivity contribution in [2.24, 2.45) is 0 Å². The minimum Gasteiger partial charge on any atom is -0.506 e. The first-order valence-electron chi connectivity index (χ1n) is 5.23. The smallest absolute Gasteiger partial charge is 0.329 e. The van der Waals surface area contributed by atoms with Crippen molar-refractivity contribution in [3.8, 4) is 5.75 Å². The van der Waals surface area contributed by atoms with E-state index in [9.17, 15) is 14.7 Å². The van der Waals surface area contributed by atoms with Crippen molar-refractivity contribution in [2.45, 2.75) is 24.8 Å². The average Bonchev–Trinajstić information content (AvgIpc) is 2.22. The van der Waals surface area contributed by atoms with Gasteiger partial charge in [-0.05, 0) is 25.3 Å². The summed E-state index contributed by atoms with van der Waals surface area (Å²) in [6.45, 7) is 0. The molecule has 90 valence electrons. The topological polar surface area (TPSA) is 99.5 Å². The van der Waals surface area contributed by atoms with Crippen LogP contribution in [0, 0.1) is 0 Å². The Hall–Kier alpha value is -2.11. The highest BCUT2D eigenvalue weighted by atomic mass is 16.4. The third-order valence-electron chi connectivity index (χ3n) is 2.96. The quantitative estimate of drug-likeness (QED) is 0.710. The molecule has 17 heavy (non-hydrogen) atoms. The molecule has 3 N–H and O–H groups in total. The summed E-state index contributed by atoms with van der Waals surface area (Å²) in [5.41, 5.74) is -1.000. The fraction of sp³-hybridized carbons (Fsp3) is 0.364. The molecule has 0 atom stereocenters. The fourth-order valence-corrected chi connectivity index (χ4v) is 1.76. The van der Waals surface area contributed by atoms with Crippen LogP contribution in [0.1, 0.15) is 29.6 Å². The van der Waals surface area contributed by atoms with Crippen LogP contribution in [0.3, 0.4) is 0 Å². The molecule has 0 aliphatic heterocycles. The number of pyridine rings is 1. The van der Waals surface area contributed by atoms with Crippen molar-refractivity contribution in [1.82, 2.24) is 10.3 Å². The van der Waals surface area contributed by atoms with Gasteiger partial charge in [-0.25, -0.2) is 4.79 Å². The lowest BCUT2D eigenvalue weighted by atomic mass is 9.76. The maximum atomic E-state index is 11.8. The van der Waals surface area contributed by atoms with E-state index in [1.807, 2.05) is 0 Å². The molecule has 1 amide bonds. The van der Waals surface area contributed by atoms with Gasteiger partial charge in [0, 0.05) is 6.20 Å². The lowest BCUT2D eigenvalue weighted by Gasteiger charge is -2.38. The Balaban J connectivity index is 2.14. The number of carbonyl (C=O) groups is 2. The van der Waals surface area contributed by atoms with E-state index in [-0.39, 0.29) is 11.3 Å². The minimum absolute atomic E-state index is 0.129. The van der Waals surface area contributed by atoms with Gasteiger partial charge in [0.15, 0.2) is 0 Å². The van der Waals surface area contributed by atoms with E-state index in [0.29, 0.717) is 12.8 Å². The number of aromatic nitrogens is 1. The SMILES string of the molecule is O=C(NC1(C(=O)O)CCC1)c1cncc(O)c1. The molecule has 1 fully saturated rings. The minimum atomic E-state index is -1.15. The Labute approximate surface area is 97.3 Å². The molecule has 6 heteroatoms. The van der Waals surface area contributed by atoms with E-state index in [4.69, 9.17) is 5.11 Å². The van der Waals surface area contributed by atoms with Crippen molar-refractivity contribution in [3.63, 3.8) is 0 Å². The van der Waals surface area contributed by atoms with Crippen LogP contribution >= 0.6 is 0 Å². The van der Waals surface area contributed by atoms with Gasteiger partial charge in [0.2, 0.25) is 0 Å². The van der Waals surface area contributed by atoms with Gasteiger partial charge >= 0.3 is 5.97 Å². The number of amides is 1. The molecule has 0 unspecified atom stereocenters. The van der Waals surface area contributed by atoms with Crippen molar-refractivity contribution < 1.29 is 19.8 Å². The van der Waals surface area contributed by atoms with Gasteiger partial charge in [0.25, 0.3) is 5.91 Å². The summed E-state index contributed by atoms with van der Waals surface area (Å²) >= 11 is 0. The van der Waals surface area contributed by atoms with Crippen LogP contribution < -0.4 is 5.32 Å². The second-order valence-corrected chi connectivity index (χ2v) is 4.13. The first kappa shape index (κ1) is 11.4. The van der Waals surface area contributed by atoms with Crippen LogP contribution in [0.4, 0.5) is 0 Å². The van der Waals surface area contributed by atoms with E-state index in [0.717, 1.165) is 6.42 Å². The number of carboxylic acids is 1. The number of hydrogen-bond acceptors (Lipinski definition) is 4. The summed E-state index contributed by atoms with van der Waals surface area (Å²) in [5.74, 6) is -1.68. The number of nitrogens with one attached hydrogen (secondary N) is 1. The highest BCUT2D eigenvalue weighted by Crippen LogP contribution is 2.32. The summed E-state index contributed by atoms with van der Waals surface area (Å²) in [6, 6.07) is 1.25. The summed E-state index contributed by atoms with van der Waals surface area (Å²) in [6.07, 6.45) is 4.13. The van der Waals surface area contributed by atoms with Gasteiger partial charge in [-0.1, -0.05) is 0 Å². The molecule has 0 saturated heterocycles. The Morgan fingerprint density at radius 1 is 1.35 bits per heavy atom. The zero-order valence-corrected chi connectivity index (χ0v) is 9.01. The van der Waals surface area contributed by atoms with Gasteiger partial charge in [-0.3, -0.25) is 9.78 Å². The number of nitrogens with zero attached hydrogens (tertiary/aromatic N) is 1. The molecular weight excluding hydrogens is 224 g/mol. The molecule has 0 radical (unpaired) electrons. The largest absolute Gasteiger partial charge is 0.506 e. The molecule has 1 heterocycles. The summed E-state index contributed by atoms with van der Waals surface area (Å²) in [4.78, 5) is 26.5. The van der Waals surface area contributed by atoms with Crippen LogP contribution in [-0.4, -0.2) is 32.6 Å². The number of aliphatic carboxylic acids is 1. The van der Waals surface area contributed by atoms with Crippen molar-refractivity contribution in [2.75, 3.05) is 0 Å². The van der Waals surface area contributed by atoms with Gasteiger partial charge in [0.1, 0.15) is 11.3 Å².